The monoisotopic (exact) mass is 296 g/mol. The molecule has 4 aliphatic heterocycles. The number of benzene rings is 2. The molecule has 0 radical (unpaired) electrons. The minimum absolute atomic E-state index is 0.350. The summed E-state index contributed by atoms with van der Waals surface area (Å²) in [4.78, 5) is 0.523. The third kappa shape index (κ3) is 1.27. The summed E-state index contributed by atoms with van der Waals surface area (Å²) in [5.41, 5.74) is 2.44. The minimum atomic E-state index is -1.59. The number of para-hydroxylation sites is 2. The van der Waals surface area contributed by atoms with Crippen LogP contribution in [-0.2, 0) is 6.54 Å². The van der Waals surface area contributed by atoms with Crippen molar-refractivity contribution in [2.75, 3.05) is 6.54 Å². The molecule has 21 heavy (non-hydrogen) atoms. The average Bonchev–Trinajstić information content (AvgIpc) is 2.64. The molecule has 4 aliphatic rings. The Bertz CT molecular complexity index is 831. The summed E-state index contributed by atoms with van der Waals surface area (Å²) in [6.07, 6.45) is 0. The molecule has 0 aromatic heterocycles. The van der Waals surface area contributed by atoms with Crippen molar-refractivity contribution >= 4 is 23.1 Å². The second-order valence-corrected chi connectivity index (χ2v) is 6.92. The largest absolute Gasteiger partial charge is 0.617 e. The normalized spacial score (nSPS) is 27.3. The quantitative estimate of drug-likeness (QED) is 0.549. The van der Waals surface area contributed by atoms with Crippen LogP contribution in [0.5, 0.6) is 0 Å². The summed E-state index contributed by atoms with van der Waals surface area (Å²) in [5.74, 6) is 0.470. The van der Waals surface area contributed by atoms with Crippen molar-refractivity contribution in [1.29, 1.82) is 0 Å². The molecule has 0 N–H and O–H groups in total. The van der Waals surface area contributed by atoms with E-state index in [-0.39, 0.29) is 0 Å². The first-order valence-electron chi connectivity index (χ1n) is 6.91. The highest BCUT2D eigenvalue weighted by molar-refractivity contribution is 8.03. The van der Waals surface area contributed by atoms with E-state index in [1.807, 2.05) is 24.3 Å². The fourth-order valence-electron chi connectivity index (χ4n) is 3.79. The number of hydrogen-bond acceptors (Lipinski definition) is 3. The number of quaternary nitrogens is 2. The van der Waals surface area contributed by atoms with Crippen molar-refractivity contribution < 1.29 is 0 Å². The van der Waals surface area contributed by atoms with Crippen LogP contribution in [0.2, 0.25) is 0 Å². The zero-order chi connectivity index (χ0) is 14.2. The van der Waals surface area contributed by atoms with Crippen molar-refractivity contribution in [1.82, 2.24) is 9.29 Å². The molecule has 0 saturated heterocycles. The number of rotatable bonds is 0. The van der Waals surface area contributed by atoms with E-state index < -0.39 is 4.81 Å². The number of fused-ring (bicyclic) bond motifs is 1. The molecular weight excluding hydrogens is 284 g/mol. The highest BCUT2D eigenvalue weighted by atomic mass is 32.2. The lowest BCUT2D eigenvalue weighted by Gasteiger charge is -2.47. The van der Waals surface area contributed by atoms with E-state index in [0.717, 1.165) is 17.1 Å². The third-order valence-electron chi connectivity index (χ3n) is 4.65. The van der Waals surface area contributed by atoms with E-state index in [4.69, 9.17) is 0 Å². The van der Waals surface area contributed by atoms with Gasteiger partial charge in [0.15, 0.2) is 4.91 Å². The summed E-state index contributed by atoms with van der Waals surface area (Å²) in [7, 11) is 0. The van der Waals surface area contributed by atoms with Gasteiger partial charge in [0, 0.05) is 22.6 Å². The van der Waals surface area contributed by atoms with Crippen LogP contribution in [0.3, 0.4) is 0 Å². The van der Waals surface area contributed by atoms with Crippen LogP contribution in [0.4, 0.5) is 11.4 Å². The average molecular weight is 296 g/mol. The predicted molar refractivity (Wildman–Crippen MR) is 84.7 cm³/mol. The van der Waals surface area contributed by atoms with Crippen LogP contribution in [-0.4, -0.2) is 6.54 Å². The van der Waals surface area contributed by atoms with Gasteiger partial charge in [0.05, 0.1) is 0 Å². The zero-order valence-corrected chi connectivity index (χ0v) is 12.0. The minimum Gasteiger partial charge on any atom is -0.617 e. The van der Waals surface area contributed by atoms with Crippen LogP contribution in [0.15, 0.2) is 64.2 Å². The summed E-state index contributed by atoms with van der Waals surface area (Å²) in [5, 5.41) is 25.5. The van der Waals surface area contributed by atoms with Gasteiger partial charge in [-0.05, 0) is 6.07 Å². The number of hydroxylamine groups is 2. The van der Waals surface area contributed by atoms with Crippen LogP contribution in [0.1, 0.15) is 5.56 Å². The van der Waals surface area contributed by atoms with E-state index in [1.54, 1.807) is 23.9 Å². The topological polar surface area (TPSA) is 46.1 Å². The fraction of sp³-hybridized carbons (Fsp3) is 0.125. The molecule has 1 atom stereocenters. The van der Waals surface area contributed by atoms with E-state index in [9.17, 15) is 10.4 Å². The van der Waals surface area contributed by atoms with Crippen molar-refractivity contribution in [3.05, 3.63) is 75.2 Å². The summed E-state index contributed by atoms with van der Waals surface area (Å²) >= 11 is 1.59. The molecule has 0 fully saturated rings. The SMILES string of the molecule is [O-][N+]1([O-])C2=C3C[N+]2(Cc2ccccc2S3)c2ccccc21. The van der Waals surface area contributed by atoms with Gasteiger partial charge in [0.25, 0.3) is 0 Å². The Morgan fingerprint density at radius 1 is 0.857 bits per heavy atom. The lowest BCUT2D eigenvalue weighted by atomic mass is 10.1. The Labute approximate surface area is 126 Å². The fourth-order valence-corrected chi connectivity index (χ4v) is 5.14. The first kappa shape index (κ1) is 12.0. The van der Waals surface area contributed by atoms with Gasteiger partial charge in [-0.3, -0.25) is 4.81 Å². The number of thioether (sulfide) groups is 1. The predicted octanol–water partition coefficient (Wildman–Crippen LogP) is 3.80. The summed E-state index contributed by atoms with van der Waals surface area (Å²) in [6, 6.07) is 15.5. The van der Waals surface area contributed by atoms with Crippen LogP contribution in [0.25, 0.3) is 0 Å². The van der Waals surface area contributed by atoms with Gasteiger partial charge in [0.2, 0.25) is 11.4 Å². The first-order valence-corrected chi connectivity index (χ1v) is 7.73. The van der Waals surface area contributed by atoms with Gasteiger partial charge in [-0.1, -0.05) is 42.1 Å². The molecule has 1 unspecified atom stereocenters. The maximum absolute atomic E-state index is 12.7. The molecular formula is C16H12N2O2S. The zero-order valence-electron chi connectivity index (χ0n) is 11.2. The molecule has 4 nitrogen and oxygen atoms in total. The molecule has 2 aromatic rings. The van der Waals surface area contributed by atoms with Crippen molar-refractivity contribution in [3.63, 3.8) is 0 Å². The van der Waals surface area contributed by atoms with Gasteiger partial charge >= 0.3 is 5.82 Å². The van der Waals surface area contributed by atoms with Gasteiger partial charge in [0.1, 0.15) is 13.1 Å². The van der Waals surface area contributed by atoms with Gasteiger partial charge in [-0.25, -0.2) is 0 Å². The Hall–Kier alpha value is -1.63. The second kappa shape index (κ2) is 3.58. The third-order valence-corrected chi connectivity index (χ3v) is 5.83. The van der Waals surface area contributed by atoms with E-state index in [1.165, 1.54) is 10.5 Å². The van der Waals surface area contributed by atoms with Crippen molar-refractivity contribution in [2.24, 2.45) is 0 Å². The second-order valence-electron chi connectivity index (χ2n) is 5.78. The van der Waals surface area contributed by atoms with Crippen LogP contribution < -0.4 is 9.29 Å². The Kier molecular flexibility index (Phi) is 2.04. The van der Waals surface area contributed by atoms with Crippen LogP contribution >= 0.6 is 11.8 Å². The Balaban J connectivity index is 1.81. The molecule has 4 heterocycles. The van der Waals surface area contributed by atoms with Crippen molar-refractivity contribution in [3.8, 4) is 0 Å². The lowest BCUT2D eigenvalue weighted by molar-refractivity contribution is 0.282. The van der Waals surface area contributed by atoms with Crippen LogP contribution in [0, 0.1) is 10.4 Å². The smallest absolute Gasteiger partial charge is 0.321 e. The van der Waals surface area contributed by atoms with Gasteiger partial charge in [-0.2, -0.15) is 4.48 Å². The maximum Gasteiger partial charge on any atom is 0.321 e. The van der Waals surface area contributed by atoms with Gasteiger partial charge in [-0.15, -0.1) is 0 Å². The van der Waals surface area contributed by atoms with E-state index in [0.29, 0.717) is 22.5 Å². The molecule has 0 amide bonds. The molecule has 104 valence electrons. The molecule has 2 aromatic carbocycles. The Morgan fingerprint density at radius 2 is 1.57 bits per heavy atom. The standard InChI is InChI=1S/C16H12N2O2S/c19-18(20)13-7-3-2-6-12(13)17-9-11-5-1-4-8-14(11)21-15(10-17)16(17)18/h1-8H,9-10H2. The summed E-state index contributed by atoms with van der Waals surface area (Å²) < 4.78 is 0.419. The number of nitrogens with zero attached hydrogens (tertiary/aromatic N) is 2. The van der Waals surface area contributed by atoms with Gasteiger partial charge < -0.3 is 10.4 Å². The molecule has 0 saturated carbocycles. The van der Waals surface area contributed by atoms with E-state index >= 15 is 0 Å². The first-order chi connectivity index (χ1) is 10.1. The molecule has 5 heteroatoms. The molecule has 1 spiro atoms. The number of hydrogen-bond donors (Lipinski definition) is 0. The highest BCUT2D eigenvalue weighted by Crippen LogP contribution is 2.62. The maximum atomic E-state index is 12.7. The summed E-state index contributed by atoms with van der Waals surface area (Å²) in [6.45, 7) is 1.46. The highest BCUT2D eigenvalue weighted by Gasteiger charge is 2.64. The lowest BCUT2D eigenvalue weighted by Crippen LogP contribution is -2.59. The molecule has 2 bridgehead atoms. The Morgan fingerprint density at radius 3 is 2.43 bits per heavy atom. The van der Waals surface area contributed by atoms with Crippen molar-refractivity contribution in [2.45, 2.75) is 11.4 Å². The molecule has 6 rings (SSSR count). The van der Waals surface area contributed by atoms with E-state index in [2.05, 4.69) is 12.1 Å². The molecule has 0 aliphatic carbocycles.